The van der Waals surface area contributed by atoms with Crippen LogP contribution in [0.2, 0.25) is 0 Å². The fourth-order valence-electron chi connectivity index (χ4n) is 3.92. The van der Waals surface area contributed by atoms with Gasteiger partial charge in [-0.25, -0.2) is 4.68 Å². The molecular weight excluding hydrogens is 376 g/mol. The van der Waals surface area contributed by atoms with Crippen molar-refractivity contribution >= 4 is 27.7 Å². The van der Waals surface area contributed by atoms with E-state index >= 15 is 0 Å². The van der Waals surface area contributed by atoms with Crippen LogP contribution < -0.4 is 10.9 Å². The van der Waals surface area contributed by atoms with E-state index in [1.54, 1.807) is 13.2 Å². The van der Waals surface area contributed by atoms with Crippen LogP contribution in [0.4, 0.5) is 0 Å². The van der Waals surface area contributed by atoms with Gasteiger partial charge in [0.25, 0.3) is 5.56 Å². The maximum absolute atomic E-state index is 12.7. The van der Waals surface area contributed by atoms with Crippen LogP contribution in [0, 0.1) is 0 Å². The number of benzene rings is 2. The topological polar surface area (TPSA) is 68.9 Å². The number of aryl methyl sites for hydroxylation is 3. The van der Waals surface area contributed by atoms with Crippen LogP contribution in [-0.2, 0) is 24.8 Å². The van der Waals surface area contributed by atoms with Gasteiger partial charge >= 0.3 is 0 Å². The van der Waals surface area contributed by atoms with Crippen molar-refractivity contribution in [2.45, 2.75) is 32.2 Å². The molecule has 0 spiro atoms. The molecule has 4 rings (SSSR count). The number of para-hydroxylation sites is 1. The highest BCUT2D eigenvalue weighted by Gasteiger charge is 2.14. The number of carbonyl (C=O) groups is 1. The summed E-state index contributed by atoms with van der Waals surface area (Å²) in [7, 11) is 1.66. The normalized spacial score (nSPS) is 11.2. The number of nitrogens with zero attached hydrogens (tertiary/aromatic N) is 3. The number of nitrogens with one attached hydrogen (secondary N) is 1. The highest BCUT2D eigenvalue weighted by atomic mass is 16.1. The van der Waals surface area contributed by atoms with Crippen molar-refractivity contribution in [3.8, 4) is 0 Å². The first-order valence-electron chi connectivity index (χ1n) is 10.4. The quantitative estimate of drug-likeness (QED) is 0.459. The second-order valence-corrected chi connectivity index (χ2v) is 7.55. The van der Waals surface area contributed by atoms with Crippen LogP contribution in [0.5, 0.6) is 0 Å². The number of carbonyl (C=O) groups excluding carboxylic acids is 1. The Bertz CT molecular complexity index is 1220. The summed E-state index contributed by atoms with van der Waals surface area (Å²) in [4.78, 5) is 24.9. The van der Waals surface area contributed by atoms with Crippen molar-refractivity contribution in [1.29, 1.82) is 0 Å². The van der Waals surface area contributed by atoms with E-state index in [1.807, 2.05) is 47.0 Å². The molecule has 0 aliphatic heterocycles. The van der Waals surface area contributed by atoms with Gasteiger partial charge in [0.05, 0.1) is 6.20 Å². The van der Waals surface area contributed by atoms with Crippen molar-refractivity contribution < 1.29 is 4.79 Å². The molecule has 0 unspecified atom stereocenters. The van der Waals surface area contributed by atoms with Crippen molar-refractivity contribution in [1.82, 2.24) is 19.7 Å². The average Bonchev–Trinajstić information content (AvgIpc) is 3.09. The molecule has 0 bridgehead atoms. The average molecular weight is 402 g/mol. The molecule has 6 heteroatoms. The van der Waals surface area contributed by atoms with Gasteiger partial charge < -0.3 is 9.88 Å². The van der Waals surface area contributed by atoms with E-state index in [9.17, 15) is 9.59 Å². The number of fused-ring (bicyclic) bond motifs is 3. The Morgan fingerprint density at radius 2 is 1.77 bits per heavy atom. The van der Waals surface area contributed by atoms with Crippen LogP contribution >= 0.6 is 0 Å². The third-order valence-corrected chi connectivity index (χ3v) is 5.46. The molecule has 154 valence electrons. The molecule has 0 aliphatic carbocycles. The molecule has 2 aromatic heterocycles. The van der Waals surface area contributed by atoms with Gasteiger partial charge in [-0.05, 0) is 30.9 Å². The zero-order valence-corrected chi connectivity index (χ0v) is 17.2. The second-order valence-electron chi connectivity index (χ2n) is 7.55. The molecule has 30 heavy (non-hydrogen) atoms. The SMILES string of the molecule is Cn1ncc2c3ccccc3n(CCCC(=O)NCCCc3ccccc3)c2c1=O. The van der Waals surface area contributed by atoms with E-state index in [-0.39, 0.29) is 11.5 Å². The fraction of sp³-hybridized carbons (Fsp3) is 0.292. The van der Waals surface area contributed by atoms with Gasteiger partial charge in [0.15, 0.2) is 0 Å². The summed E-state index contributed by atoms with van der Waals surface area (Å²) in [6.45, 7) is 1.29. The smallest absolute Gasteiger partial charge is 0.291 e. The van der Waals surface area contributed by atoms with Crippen molar-refractivity contribution in [2.75, 3.05) is 6.54 Å². The van der Waals surface area contributed by atoms with Gasteiger partial charge in [-0.3, -0.25) is 9.59 Å². The van der Waals surface area contributed by atoms with Gasteiger partial charge in [0, 0.05) is 42.8 Å². The third-order valence-electron chi connectivity index (χ3n) is 5.46. The molecule has 4 aromatic rings. The fourth-order valence-corrected chi connectivity index (χ4v) is 3.92. The summed E-state index contributed by atoms with van der Waals surface area (Å²) in [6, 6.07) is 18.2. The monoisotopic (exact) mass is 402 g/mol. The molecule has 2 aromatic carbocycles. The summed E-state index contributed by atoms with van der Waals surface area (Å²) in [6.07, 6.45) is 4.73. The molecule has 0 fully saturated rings. The van der Waals surface area contributed by atoms with E-state index < -0.39 is 0 Å². The van der Waals surface area contributed by atoms with Crippen molar-refractivity contribution in [2.24, 2.45) is 7.05 Å². The Labute approximate surface area is 175 Å². The van der Waals surface area contributed by atoms with Gasteiger partial charge in [-0.2, -0.15) is 5.10 Å². The molecule has 1 amide bonds. The highest BCUT2D eigenvalue weighted by molar-refractivity contribution is 6.07. The summed E-state index contributed by atoms with van der Waals surface area (Å²) >= 11 is 0. The zero-order valence-electron chi connectivity index (χ0n) is 17.2. The zero-order chi connectivity index (χ0) is 20.9. The Morgan fingerprint density at radius 3 is 2.60 bits per heavy atom. The van der Waals surface area contributed by atoms with Gasteiger partial charge in [-0.1, -0.05) is 48.5 Å². The van der Waals surface area contributed by atoms with Gasteiger partial charge in [0.2, 0.25) is 5.91 Å². The van der Waals surface area contributed by atoms with Crippen molar-refractivity contribution in [3.63, 3.8) is 0 Å². The number of hydrogen-bond donors (Lipinski definition) is 1. The minimum atomic E-state index is -0.117. The summed E-state index contributed by atoms with van der Waals surface area (Å²) < 4.78 is 3.38. The molecular formula is C24H26N4O2. The first-order valence-corrected chi connectivity index (χ1v) is 10.4. The minimum absolute atomic E-state index is 0.0541. The summed E-state index contributed by atoms with van der Waals surface area (Å²) in [5.41, 5.74) is 2.82. The standard InChI is InChI=1S/C24H26N4O2/c1-27-24(30)23-20(17-26-27)19-12-5-6-13-21(19)28(23)16-8-14-22(29)25-15-7-11-18-9-3-2-4-10-18/h2-6,9-10,12-13,17H,7-8,11,14-16H2,1H3,(H,25,29). The Kier molecular flexibility index (Phi) is 5.93. The predicted molar refractivity (Wildman–Crippen MR) is 119 cm³/mol. The Morgan fingerprint density at radius 1 is 1.00 bits per heavy atom. The lowest BCUT2D eigenvalue weighted by molar-refractivity contribution is -0.121. The van der Waals surface area contributed by atoms with E-state index in [0.717, 1.165) is 29.1 Å². The van der Waals surface area contributed by atoms with E-state index in [0.29, 0.717) is 31.4 Å². The summed E-state index contributed by atoms with van der Waals surface area (Å²) in [5.74, 6) is 0.0541. The van der Waals surface area contributed by atoms with Crippen LogP contribution in [0.1, 0.15) is 24.8 Å². The van der Waals surface area contributed by atoms with Crippen molar-refractivity contribution in [3.05, 3.63) is 76.7 Å². The third kappa shape index (κ3) is 4.13. The van der Waals surface area contributed by atoms with Gasteiger partial charge in [0.1, 0.15) is 5.52 Å². The first-order chi connectivity index (χ1) is 14.6. The molecule has 0 atom stereocenters. The number of hydrogen-bond acceptors (Lipinski definition) is 3. The Balaban J connectivity index is 1.37. The number of aromatic nitrogens is 3. The lowest BCUT2D eigenvalue weighted by atomic mass is 10.1. The maximum Gasteiger partial charge on any atom is 0.291 e. The van der Waals surface area contributed by atoms with Crippen LogP contribution in [-0.4, -0.2) is 26.8 Å². The predicted octanol–water partition coefficient (Wildman–Crippen LogP) is 3.42. The van der Waals surface area contributed by atoms with E-state index in [2.05, 4.69) is 22.5 Å². The highest BCUT2D eigenvalue weighted by Crippen LogP contribution is 2.26. The molecule has 2 heterocycles. The number of amides is 1. The lowest BCUT2D eigenvalue weighted by Crippen LogP contribution is -2.25. The maximum atomic E-state index is 12.7. The Hall–Kier alpha value is -3.41. The van der Waals surface area contributed by atoms with E-state index in [4.69, 9.17) is 0 Å². The molecule has 0 saturated carbocycles. The minimum Gasteiger partial charge on any atom is -0.356 e. The molecule has 1 N–H and O–H groups in total. The first kappa shape index (κ1) is 19.9. The molecule has 0 aliphatic rings. The summed E-state index contributed by atoms with van der Waals surface area (Å²) in [5, 5.41) is 9.05. The number of rotatable bonds is 8. The van der Waals surface area contributed by atoms with Crippen LogP contribution in [0.15, 0.2) is 65.6 Å². The molecule has 0 saturated heterocycles. The van der Waals surface area contributed by atoms with Crippen LogP contribution in [0.3, 0.4) is 0 Å². The lowest BCUT2D eigenvalue weighted by Gasteiger charge is -2.08. The second kappa shape index (κ2) is 8.95. The largest absolute Gasteiger partial charge is 0.356 e. The van der Waals surface area contributed by atoms with Gasteiger partial charge in [-0.15, -0.1) is 0 Å². The molecule has 0 radical (unpaired) electrons. The van der Waals surface area contributed by atoms with E-state index in [1.165, 1.54) is 10.2 Å². The van der Waals surface area contributed by atoms with Crippen LogP contribution in [0.25, 0.3) is 21.8 Å². The molecule has 6 nitrogen and oxygen atoms in total.